The van der Waals surface area contributed by atoms with Crippen molar-refractivity contribution in [2.75, 3.05) is 0 Å². The molecule has 1 aliphatic heterocycles. The number of fused-ring (bicyclic) bond motifs is 2. The van der Waals surface area contributed by atoms with E-state index in [9.17, 15) is 4.79 Å². The molecule has 0 bridgehead atoms. The first-order valence-electron chi connectivity index (χ1n) is 10.8. The van der Waals surface area contributed by atoms with E-state index in [2.05, 4.69) is 36.1 Å². The summed E-state index contributed by atoms with van der Waals surface area (Å²) in [5.41, 5.74) is 4.04. The minimum atomic E-state index is -0.116. The van der Waals surface area contributed by atoms with Crippen LogP contribution in [0.2, 0.25) is 10.0 Å². The van der Waals surface area contributed by atoms with Crippen LogP contribution in [-0.4, -0.2) is 4.57 Å². The summed E-state index contributed by atoms with van der Waals surface area (Å²) in [6, 6.07) is 24.9. The standard InChI is InChI=1S/C29H17Cl2NO2/c30-24-7-3-4-18(12-24)8-9-21-15-26(31)25-10-11-27(33)32-16-22-13-19-5-1-2-6-20(19)14-23(22)17-34-29(21)28(25)32/h1-7,10-15H,16-17H2. The van der Waals surface area contributed by atoms with Gasteiger partial charge in [0, 0.05) is 22.0 Å². The van der Waals surface area contributed by atoms with Crippen molar-refractivity contribution in [1.29, 1.82) is 0 Å². The summed E-state index contributed by atoms with van der Waals surface area (Å²) in [6.45, 7) is 0.792. The molecule has 164 valence electrons. The fraction of sp³-hybridized carbons (Fsp3) is 0.0690. The van der Waals surface area contributed by atoms with Crippen molar-refractivity contribution in [1.82, 2.24) is 4.57 Å². The van der Waals surface area contributed by atoms with Crippen LogP contribution in [0.1, 0.15) is 22.3 Å². The predicted molar refractivity (Wildman–Crippen MR) is 138 cm³/mol. The van der Waals surface area contributed by atoms with E-state index < -0.39 is 0 Å². The van der Waals surface area contributed by atoms with Crippen molar-refractivity contribution < 1.29 is 4.74 Å². The number of nitrogens with zero attached hydrogens (tertiary/aromatic N) is 1. The van der Waals surface area contributed by atoms with Gasteiger partial charge in [-0.25, -0.2) is 0 Å². The second-order valence-corrected chi connectivity index (χ2v) is 9.12. The molecule has 0 spiro atoms. The Morgan fingerprint density at radius 2 is 1.62 bits per heavy atom. The Morgan fingerprint density at radius 3 is 2.41 bits per heavy atom. The minimum absolute atomic E-state index is 0.116. The second kappa shape index (κ2) is 8.25. The number of rotatable bonds is 0. The summed E-state index contributed by atoms with van der Waals surface area (Å²) in [4.78, 5) is 13.0. The maximum atomic E-state index is 13.0. The van der Waals surface area contributed by atoms with Gasteiger partial charge in [-0.15, -0.1) is 0 Å². The van der Waals surface area contributed by atoms with Crippen molar-refractivity contribution in [3.63, 3.8) is 0 Å². The highest BCUT2D eigenvalue weighted by atomic mass is 35.5. The maximum Gasteiger partial charge on any atom is 0.251 e. The van der Waals surface area contributed by atoms with E-state index in [0.717, 1.165) is 32.8 Å². The average Bonchev–Trinajstić information content (AvgIpc) is 2.82. The van der Waals surface area contributed by atoms with E-state index in [0.29, 0.717) is 40.0 Å². The zero-order valence-electron chi connectivity index (χ0n) is 17.9. The monoisotopic (exact) mass is 481 g/mol. The third-order valence-corrected chi connectivity index (χ3v) is 6.65. The van der Waals surface area contributed by atoms with Gasteiger partial charge in [-0.2, -0.15) is 0 Å². The molecule has 0 radical (unpaired) electrons. The van der Waals surface area contributed by atoms with Crippen molar-refractivity contribution in [2.45, 2.75) is 13.2 Å². The smallest absolute Gasteiger partial charge is 0.251 e. The first kappa shape index (κ1) is 20.9. The molecule has 5 aromatic rings. The summed E-state index contributed by atoms with van der Waals surface area (Å²) < 4.78 is 8.11. The third kappa shape index (κ3) is 3.62. The van der Waals surface area contributed by atoms with Gasteiger partial charge >= 0.3 is 0 Å². The van der Waals surface area contributed by atoms with Crippen LogP contribution in [0.3, 0.4) is 0 Å². The van der Waals surface area contributed by atoms with Crippen molar-refractivity contribution >= 4 is 44.9 Å². The molecule has 0 atom stereocenters. The van der Waals surface area contributed by atoms with Crippen LogP contribution in [0.25, 0.3) is 21.7 Å². The number of halogens is 2. The maximum absolute atomic E-state index is 13.0. The lowest BCUT2D eigenvalue weighted by Crippen LogP contribution is -2.23. The molecule has 34 heavy (non-hydrogen) atoms. The van der Waals surface area contributed by atoms with Crippen molar-refractivity contribution in [3.8, 4) is 17.6 Å². The lowest BCUT2D eigenvalue weighted by Gasteiger charge is -2.22. The quantitative estimate of drug-likeness (QED) is 0.227. The largest absolute Gasteiger partial charge is 0.485 e. The van der Waals surface area contributed by atoms with Gasteiger partial charge in [0.15, 0.2) is 5.75 Å². The van der Waals surface area contributed by atoms with Gasteiger partial charge in [0.2, 0.25) is 0 Å². The molecule has 4 aromatic carbocycles. The molecule has 0 saturated heterocycles. The lowest BCUT2D eigenvalue weighted by atomic mass is 10.00. The van der Waals surface area contributed by atoms with Gasteiger partial charge in [0.05, 0.1) is 22.6 Å². The van der Waals surface area contributed by atoms with Crippen LogP contribution in [0.5, 0.6) is 5.75 Å². The van der Waals surface area contributed by atoms with E-state index in [-0.39, 0.29) is 5.56 Å². The molecule has 1 aromatic heterocycles. The predicted octanol–water partition coefficient (Wildman–Crippen LogP) is 6.80. The van der Waals surface area contributed by atoms with E-state index in [4.69, 9.17) is 27.9 Å². The number of hydrogen-bond donors (Lipinski definition) is 0. The Hall–Kier alpha value is -3.71. The Kier molecular flexibility index (Phi) is 5.07. The highest BCUT2D eigenvalue weighted by Gasteiger charge is 2.20. The molecule has 2 heterocycles. The minimum Gasteiger partial charge on any atom is -0.485 e. The number of pyridine rings is 1. The molecule has 6 rings (SSSR count). The molecule has 1 aliphatic rings. The Balaban J connectivity index is 1.59. The SMILES string of the molecule is O=c1ccc2c(Cl)cc(C#Cc3cccc(Cl)c3)c3c2n1Cc1cc2ccccc2cc1CO3. The average molecular weight is 482 g/mol. The Labute approximate surface area is 206 Å². The normalized spacial score (nSPS) is 12.3. The van der Waals surface area contributed by atoms with Crippen LogP contribution in [0.4, 0.5) is 0 Å². The summed E-state index contributed by atoms with van der Waals surface area (Å²) >= 11 is 12.8. The van der Waals surface area contributed by atoms with Gasteiger partial charge in [0.25, 0.3) is 5.56 Å². The van der Waals surface area contributed by atoms with Crippen LogP contribution in [0.15, 0.2) is 83.7 Å². The first-order chi connectivity index (χ1) is 16.6. The molecular formula is C29H17Cl2NO2. The molecule has 0 aliphatic carbocycles. The molecule has 0 amide bonds. The van der Waals surface area contributed by atoms with E-state index >= 15 is 0 Å². The highest BCUT2D eigenvalue weighted by Crippen LogP contribution is 2.37. The molecule has 5 heteroatoms. The summed E-state index contributed by atoms with van der Waals surface area (Å²) in [6.07, 6.45) is 0. The van der Waals surface area contributed by atoms with Gasteiger partial charge in [-0.3, -0.25) is 4.79 Å². The van der Waals surface area contributed by atoms with Crippen molar-refractivity contribution in [3.05, 3.63) is 122 Å². The van der Waals surface area contributed by atoms with Gasteiger partial charge < -0.3 is 9.30 Å². The third-order valence-electron chi connectivity index (χ3n) is 6.11. The summed E-state index contributed by atoms with van der Waals surface area (Å²) in [5.74, 6) is 6.90. The first-order valence-corrected chi connectivity index (χ1v) is 11.6. The van der Waals surface area contributed by atoms with Gasteiger partial charge in [-0.1, -0.05) is 65.4 Å². The van der Waals surface area contributed by atoms with Gasteiger partial charge in [0.1, 0.15) is 6.61 Å². The summed E-state index contributed by atoms with van der Waals surface area (Å²) in [7, 11) is 0. The molecule has 3 nitrogen and oxygen atoms in total. The number of hydrogen-bond acceptors (Lipinski definition) is 2. The highest BCUT2D eigenvalue weighted by molar-refractivity contribution is 6.35. The van der Waals surface area contributed by atoms with E-state index in [1.165, 1.54) is 0 Å². The number of ether oxygens (including phenoxy) is 1. The summed E-state index contributed by atoms with van der Waals surface area (Å²) in [5, 5.41) is 4.15. The van der Waals surface area contributed by atoms with Gasteiger partial charge in [-0.05, 0) is 64.4 Å². The van der Waals surface area contributed by atoms with Crippen LogP contribution < -0.4 is 10.3 Å². The zero-order chi connectivity index (χ0) is 23.2. The van der Waals surface area contributed by atoms with E-state index in [1.807, 2.05) is 24.3 Å². The molecule has 0 N–H and O–H groups in total. The molecule has 0 unspecified atom stereocenters. The van der Waals surface area contributed by atoms with E-state index in [1.54, 1.807) is 34.9 Å². The lowest BCUT2D eigenvalue weighted by molar-refractivity contribution is 0.304. The molecule has 0 saturated carbocycles. The fourth-order valence-electron chi connectivity index (χ4n) is 4.45. The zero-order valence-corrected chi connectivity index (χ0v) is 19.5. The molecule has 0 fully saturated rings. The Morgan fingerprint density at radius 1 is 0.824 bits per heavy atom. The van der Waals surface area contributed by atoms with Crippen molar-refractivity contribution in [2.24, 2.45) is 0 Å². The second-order valence-electron chi connectivity index (χ2n) is 8.27. The molecular weight excluding hydrogens is 465 g/mol. The van der Waals surface area contributed by atoms with Crippen LogP contribution in [-0.2, 0) is 13.2 Å². The topological polar surface area (TPSA) is 31.2 Å². The van der Waals surface area contributed by atoms with Crippen LogP contribution >= 0.6 is 23.2 Å². The Bertz CT molecular complexity index is 1740. The fourth-order valence-corrected chi connectivity index (χ4v) is 4.90. The number of aromatic nitrogens is 1. The van der Waals surface area contributed by atoms with Crippen LogP contribution in [0, 0.1) is 11.8 Å². The number of benzene rings is 4.